The Morgan fingerprint density at radius 1 is 1.21 bits per heavy atom. The van der Waals surface area contributed by atoms with Crippen LogP contribution in [0.3, 0.4) is 0 Å². The summed E-state index contributed by atoms with van der Waals surface area (Å²) in [5, 5.41) is 15.4. The summed E-state index contributed by atoms with van der Waals surface area (Å²) in [5.41, 5.74) is 5.12. The summed E-state index contributed by atoms with van der Waals surface area (Å²) in [6.07, 6.45) is 4.68. The number of nitrogens with one attached hydrogen (secondary N) is 2. The normalized spacial score (nSPS) is 19.4. The summed E-state index contributed by atoms with van der Waals surface area (Å²) in [6, 6.07) is 11.0. The molecule has 2 aliphatic heterocycles. The number of aromatic amines is 1. The lowest BCUT2D eigenvalue weighted by Gasteiger charge is -2.29. The van der Waals surface area contributed by atoms with E-state index >= 15 is 0 Å². The predicted molar refractivity (Wildman–Crippen MR) is 155 cm³/mol. The fourth-order valence-corrected chi connectivity index (χ4v) is 6.80. The van der Waals surface area contributed by atoms with Crippen molar-refractivity contribution in [3.05, 3.63) is 69.7 Å². The molecule has 0 amide bonds. The molecule has 0 radical (unpaired) electrons. The first kappa shape index (κ1) is 24.0. The van der Waals surface area contributed by atoms with Crippen molar-refractivity contribution in [3.63, 3.8) is 0 Å². The van der Waals surface area contributed by atoms with E-state index in [4.69, 9.17) is 16.6 Å². The van der Waals surface area contributed by atoms with Gasteiger partial charge >= 0.3 is 5.97 Å². The largest absolute Gasteiger partial charge is 0.477 e. The number of hydrogen-bond donors (Lipinski definition) is 3. The number of nitrogens with zero attached hydrogens (tertiary/aromatic N) is 4. The summed E-state index contributed by atoms with van der Waals surface area (Å²) in [4.78, 5) is 37.9. The van der Waals surface area contributed by atoms with Crippen LogP contribution in [0.15, 0.2) is 53.6 Å². The lowest BCUT2D eigenvalue weighted by atomic mass is 10.0. The van der Waals surface area contributed by atoms with E-state index in [0.717, 1.165) is 70.5 Å². The molecule has 4 aromatic heterocycles. The Bertz CT molecular complexity index is 1880. The van der Waals surface area contributed by atoms with E-state index in [-0.39, 0.29) is 5.56 Å². The van der Waals surface area contributed by atoms with Gasteiger partial charge in [0.05, 0.1) is 22.3 Å². The molecular formula is C29H27ClN6O3. The minimum Gasteiger partial charge on any atom is -0.477 e. The topological polar surface area (TPSA) is 106 Å². The van der Waals surface area contributed by atoms with Crippen LogP contribution >= 0.6 is 11.6 Å². The number of hydrogen-bond acceptors (Lipinski definition) is 6. The van der Waals surface area contributed by atoms with Gasteiger partial charge in [-0.3, -0.25) is 9.20 Å². The molecule has 1 unspecified atom stereocenters. The van der Waals surface area contributed by atoms with Crippen molar-refractivity contribution < 1.29 is 9.90 Å². The second-order valence-electron chi connectivity index (χ2n) is 10.6. The van der Waals surface area contributed by atoms with Gasteiger partial charge in [-0.25, -0.2) is 9.78 Å². The number of aromatic nitrogens is 3. The third kappa shape index (κ3) is 3.60. The van der Waals surface area contributed by atoms with Gasteiger partial charge in [-0.2, -0.15) is 0 Å². The molecule has 9 nitrogen and oxygen atoms in total. The summed E-state index contributed by atoms with van der Waals surface area (Å²) < 4.78 is 1.41. The van der Waals surface area contributed by atoms with Crippen molar-refractivity contribution >= 4 is 56.4 Å². The molecule has 0 saturated carbocycles. The SMILES string of the molecule is CNc1cc(Cl)cc2c1[nH]c1ncc(-c3ccc4ccc(C(=O)O)c(=O)n4c3)c(N3CC[C@H]4CN(C)CC43)c12. The van der Waals surface area contributed by atoms with E-state index in [9.17, 15) is 14.7 Å². The zero-order valence-corrected chi connectivity index (χ0v) is 22.3. The smallest absolute Gasteiger partial charge is 0.341 e. The Balaban J connectivity index is 1.54. The van der Waals surface area contributed by atoms with Gasteiger partial charge in [0, 0.05) is 72.2 Å². The van der Waals surface area contributed by atoms with Crippen molar-refractivity contribution in [3.8, 4) is 11.1 Å². The van der Waals surface area contributed by atoms with Gasteiger partial charge in [0.1, 0.15) is 11.2 Å². The van der Waals surface area contributed by atoms with Gasteiger partial charge in [-0.05, 0) is 49.7 Å². The minimum absolute atomic E-state index is 0.263. The van der Waals surface area contributed by atoms with Crippen LogP contribution in [0.25, 0.3) is 38.6 Å². The molecule has 5 aromatic rings. The number of benzene rings is 1. The van der Waals surface area contributed by atoms with E-state index in [1.54, 1.807) is 12.3 Å². The molecule has 3 N–H and O–H groups in total. The molecule has 2 atom stereocenters. The first-order valence-electron chi connectivity index (χ1n) is 13.0. The highest BCUT2D eigenvalue weighted by Gasteiger charge is 2.41. The number of pyridine rings is 3. The first-order valence-corrected chi connectivity index (χ1v) is 13.4. The molecule has 7 rings (SSSR count). The fraction of sp³-hybridized carbons (Fsp3) is 0.276. The minimum atomic E-state index is -1.24. The molecule has 6 heterocycles. The third-order valence-electron chi connectivity index (χ3n) is 8.35. The van der Waals surface area contributed by atoms with Crippen LogP contribution < -0.4 is 15.8 Å². The molecule has 39 heavy (non-hydrogen) atoms. The van der Waals surface area contributed by atoms with Crippen LogP contribution in [0.4, 0.5) is 11.4 Å². The van der Waals surface area contributed by atoms with Crippen LogP contribution in [0.1, 0.15) is 16.8 Å². The Morgan fingerprint density at radius 2 is 2.03 bits per heavy atom. The molecule has 2 aliphatic rings. The predicted octanol–water partition coefficient (Wildman–Crippen LogP) is 4.53. The van der Waals surface area contributed by atoms with E-state index in [1.165, 1.54) is 10.5 Å². The van der Waals surface area contributed by atoms with E-state index < -0.39 is 11.5 Å². The van der Waals surface area contributed by atoms with Gasteiger partial charge in [0.2, 0.25) is 0 Å². The highest BCUT2D eigenvalue weighted by molar-refractivity contribution is 6.33. The number of anilines is 2. The number of carboxylic acid groups (broad SMARTS) is 1. The van der Waals surface area contributed by atoms with Crippen LogP contribution in [0.2, 0.25) is 5.02 Å². The number of carboxylic acids is 1. The molecule has 1 aromatic carbocycles. The van der Waals surface area contributed by atoms with E-state index in [2.05, 4.69) is 27.1 Å². The molecule has 2 saturated heterocycles. The van der Waals surface area contributed by atoms with Crippen molar-refractivity contribution in [1.29, 1.82) is 0 Å². The zero-order valence-electron chi connectivity index (χ0n) is 21.5. The standard InChI is InChI=1S/C29H27ClN6O3/c1-31-22-10-17(30)9-20-24-26(35-8-7-16-12-34(2)14-23(16)35)21(11-32-27(24)33-25(20)22)15-3-4-18-5-6-19(29(38)39)28(37)36(18)13-15/h3-6,9-11,13,16,23,31H,7-8,12,14H2,1-2H3,(H,32,33)(H,38,39)/t16-,23?/m0/s1. The Hall–Kier alpha value is -4.08. The van der Waals surface area contributed by atoms with E-state index in [0.29, 0.717) is 22.5 Å². The Morgan fingerprint density at radius 3 is 2.82 bits per heavy atom. The maximum atomic E-state index is 13.1. The number of likely N-dealkylation sites (tertiary alicyclic amines) is 1. The Kier molecular flexibility index (Phi) is 5.37. The van der Waals surface area contributed by atoms with Gasteiger partial charge in [-0.1, -0.05) is 17.7 Å². The fourth-order valence-electron chi connectivity index (χ4n) is 6.58. The number of aromatic carboxylic acids is 1. The molecule has 10 heteroatoms. The summed E-state index contributed by atoms with van der Waals surface area (Å²) in [6.45, 7) is 2.95. The molecule has 0 bridgehead atoms. The lowest BCUT2D eigenvalue weighted by molar-refractivity contribution is 0.0694. The molecule has 198 valence electrons. The van der Waals surface area contributed by atoms with Gasteiger partial charge in [-0.15, -0.1) is 0 Å². The number of H-pyrrole nitrogens is 1. The van der Waals surface area contributed by atoms with E-state index in [1.807, 2.05) is 37.5 Å². The number of fused-ring (bicyclic) bond motifs is 5. The van der Waals surface area contributed by atoms with Gasteiger partial charge < -0.3 is 25.2 Å². The van der Waals surface area contributed by atoms with Crippen molar-refractivity contribution in [2.24, 2.45) is 5.92 Å². The molecular weight excluding hydrogens is 516 g/mol. The van der Waals surface area contributed by atoms with Gasteiger partial charge in [0.25, 0.3) is 5.56 Å². The maximum absolute atomic E-state index is 13.1. The number of halogens is 1. The molecule has 0 aliphatic carbocycles. The zero-order chi connectivity index (χ0) is 27.0. The Labute approximate surface area is 228 Å². The summed E-state index contributed by atoms with van der Waals surface area (Å²) in [7, 11) is 4.04. The number of likely N-dealkylation sites (N-methyl/N-ethyl adjacent to an activating group) is 1. The second kappa shape index (κ2) is 8.72. The average Bonchev–Trinajstić information content (AvgIpc) is 3.59. The van der Waals surface area contributed by atoms with Crippen LogP contribution in [-0.2, 0) is 0 Å². The van der Waals surface area contributed by atoms with Crippen LogP contribution in [0.5, 0.6) is 0 Å². The van der Waals surface area contributed by atoms with Gasteiger partial charge in [0.15, 0.2) is 0 Å². The average molecular weight is 543 g/mol. The summed E-state index contributed by atoms with van der Waals surface area (Å²) in [5.74, 6) is -0.668. The van der Waals surface area contributed by atoms with Crippen LogP contribution in [0, 0.1) is 5.92 Å². The number of carbonyl (C=O) groups is 1. The van der Waals surface area contributed by atoms with Crippen LogP contribution in [-0.4, -0.2) is 70.1 Å². The van der Waals surface area contributed by atoms with Crippen molar-refractivity contribution in [2.45, 2.75) is 12.5 Å². The maximum Gasteiger partial charge on any atom is 0.341 e. The first-order chi connectivity index (χ1) is 18.8. The molecule has 2 fully saturated rings. The summed E-state index contributed by atoms with van der Waals surface area (Å²) >= 11 is 6.58. The third-order valence-corrected chi connectivity index (χ3v) is 8.56. The lowest BCUT2D eigenvalue weighted by Crippen LogP contribution is -2.35. The monoisotopic (exact) mass is 542 g/mol. The quantitative estimate of drug-likeness (QED) is 0.306. The second-order valence-corrected chi connectivity index (χ2v) is 11.0. The molecule has 0 spiro atoms. The highest BCUT2D eigenvalue weighted by Crippen LogP contribution is 2.46. The van der Waals surface area contributed by atoms with Crippen molar-refractivity contribution in [1.82, 2.24) is 19.3 Å². The number of rotatable bonds is 4. The van der Waals surface area contributed by atoms with Crippen molar-refractivity contribution in [2.75, 3.05) is 43.9 Å². The highest BCUT2D eigenvalue weighted by atomic mass is 35.5.